The van der Waals surface area contributed by atoms with Gasteiger partial charge in [0.05, 0.1) is 50.0 Å². The Hall–Kier alpha value is -3.54. The van der Waals surface area contributed by atoms with Gasteiger partial charge in [0, 0.05) is 23.1 Å². The fourth-order valence-electron chi connectivity index (χ4n) is 3.53. The maximum Gasteiger partial charge on any atom is 0.135 e. The van der Waals surface area contributed by atoms with Crippen molar-refractivity contribution in [1.29, 1.82) is 0 Å². The molecule has 1 aliphatic rings. The van der Waals surface area contributed by atoms with E-state index in [1.807, 2.05) is 18.2 Å². The van der Waals surface area contributed by atoms with E-state index in [2.05, 4.69) is 28.7 Å². The van der Waals surface area contributed by atoms with Crippen LogP contribution in [0.2, 0.25) is 0 Å². The van der Waals surface area contributed by atoms with Gasteiger partial charge >= 0.3 is 0 Å². The number of nitrogens with one attached hydrogen (secondary N) is 1. The van der Waals surface area contributed by atoms with Gasteiger partial charge in [-0.1, -0.05) is 24.3 Å². The number of nitrogens with zero attached hydrogens (tertiary/aromatic N) is 2. The normalized spacial score (nSPS) is 12.8. The molecule has 0 radical (unpaired) electrons. The number of benzene rings is 2. The number of ether oxygens (including phenoxy) is 3. The minimum Gasteiger partial charge on any atom is -0.496 e. The number of hydrazone groups is 1. The quantitative estimate of drug-likeness (QED) is 0.490. The molecule has 1 aromatic heterocycles. The maximum absolute atomic E-state index is 5.50. The first-order valence-electron chi connectivity index (χ1n) is 9.42. The predicted octanol–water partition coefficient (Wildman–Crippen LogP) is 4.67. The zero-order valence-corrected chi connectivity index (χ0v) is 16.7. The lowest BCUT2D eigenvalue weighted by Gasteiger charge is -2.17. The van der Waals surface area contributed by atoms with Gasteiger partial charge in [-0.25, -0.2) is 4.98 Å². The van der Waals surface area contributed by atoms with Crippen LogP contribution >= 0.6 is 0 Å². The van der Waals surface area contributed by atoms with Crippen LogP contribution in [-0.4, -0.2) is 32.5 Å². The van der Waals surface area contributed by atoms with Gasteiger partial charge in [-0.15, -0.1) is 0 Å². The fourth-order valence-corrected chi connectivity index (χ4v) is 3.53. The van der Waals surface area contributed by atoms with Crippen LogP contribution in [0.4, 0.5) is 5.69 Å². The second-order valence-electron chi connectivity index (χ2n) is 6.62. The van der Waals surface area contributed by atoms with Crippen LogP contribution in [0, 0.1) is 0 Å². The zero-order valence-electron chi connectivity index (χ0n) is 16.7. The maximum atomic E-state index is 5.50. The molecule has 0 atom stereocenters. The number of rotatable bonds is 6. The van der Waals surface area contributed by atoms with E-state index in [-0.39, 0.29) is 0 Å². The molecular weight excluding hydrogens is 366 g/mol. The van der Waals surface area contributed by atoms with E-state index < -0.39 is 0 Å². The van der Waals surface area contributed by atoms with Crippen LogP contribution in [0.3, 0.4) is 0 Å². The van der Waals surface area contributed by atoms with E-state index in [0.717, 1.165) is 40.7 Å². The minimum absolute atomic E-state index is 0.622. The van der Waals surface area contributed by atoms with E-state index in [1.54, 1.807) is 39.7 Å². The topological polar surface area (TPSA) is 65.0 Å². The summed E-state index contributed by atoms with van der Waals surface area (Å²) in [6, 6.07) is 11.7. The van der Waals surface area contributed by atoms with Gasteiger partial charge in [-0.3, -0.25) is 5.43 Å². The molecule has 0 unspecified atom stereocenters. The number of para-hydroxylation sites is 1. The summed E-state index contributed by atoms with van der Waals surface area (Å²) in [4.78, 5) is 4.78. The van der Waals surface area contributed by atoms with Crippen LogP contribution in [-0.2, 0) is 6.42 Å². The zero-order chi connectivity index (χ0) is 20.2. The van der Waals surface area contributed by atoms with Crippen molar-refractivity contribution in [3.63, 3.8) is 0 Å². The average Bonchev–Trinajstić information content (AvgIpc) is 2.78. The number of pyridine rings is 1. The Kier molecular flexibility index (Phi) is 5.33. The van der Waals surface area contributed by atoms with Crippen molar-refractivity contribution >= 4 is 28.9 Å². The molecule has 0 saturated heterocycles. The summed E-state index contributed by atoms with van der Waals surface area (Å²) in [7, 11) is 4.83. The third kappa shape index (κ3) is 3.61. The van der Waals surface area contributed by atoms with E-state index >= 15 is 0 Å². The van der Waals surface area contributed by atoms with Crippen molar-refractivity contribution in [3.8, 4) is 17.2 Å². The van der Waals surface area contributed by atoms with Crippen LogP contribution in [0.25, 0.3) is 17.0 Å². The molecule has 0 spiro atoms. The van der Waals surface area contributed by atoms with Crippen LogP contribution < -0.4 is 19.6 Å². The molecular formula is C23H23N3O3. The lowest BCUT2D eigenvalue weighted by molar-refractivity contribution is 0.374. The Morgan fingerprint density at radius 1 is 1.03 bits per heavy atom. The summed E-state index contributed by atoms with van der Waals surface area (Å²) in [5, 5.41) is 5.56. The summed E-state index contributed by atoms with van der Waals surface area (Å²) >= 11 is 0. The smallest absolute Gasteiger partial charge is 0.135 e. The van der Waals surface area contributed by atoms with Crippen LogP contribution in [0.5, 0.6) is 17.2 Å². The molecule has 2 aromatic carbocycles. The highest BCUT2D eigenvalue weighted by atomic mass is 16.5. The standard InChI is InChI=1S/C23H23N3O3/c1-27-15-12-21(28-2)18(22(13-15)29-3)14-24-26-23-16-8-4-6-10-19(16)25-20-11-7-5-9-17(20)23/h4,6-8,10-14H,5,9H2,1-3H3,(H,25,26)/b24-14+. The van der Waals surface area contributed by atoms with Gasteiger partial charge < -0.3 is 14.2 Å². The highest BCUT2D eigenvalue weighted by Gasteiger charge is 2.16. The van der Waals surface area contributed by atoms with Crippen LogP contribution in [0.1, 0.15) is 23.2 Å². The molecule has 29 heavy (non-hydrogen) atoms. The Morgan fingerprint density at radius 3 is 2.52 bits per heavy atom. The third-order valence-electron chi connectivity index (χ3n) is 4.99. The number of hydrogen-bond acceptors (Lipinski definition) is 6. The predicted molar refractivity (Wildman–Crippen MR) is 116 cm³/mol. The number of anilines is 1. The number of aromatic nitrogens is 1. The lowest BCUT2D eigenvalue weighted by Crippen LogP contribution is -2.05. The molecule has 148 valence electrons. The lowest BCUT2D eigenvalue weighted by atomic mass is 9.97. The van der Waals surface area contributed by atoms with E-state index in [9.17, 15) is 0 Å². The summed E-state index contributed by atoms with van der Waals surface area (Å²) < 4.78 is 16.3. The van der Waals surface area contributed by atoms with Crippen molar-refractivity contribution in [3.05, 3.63) is 59.3 Å². The summed E-state index contributed by atoms with van der Waals surface area (Å²) in [5.41, 5.74) is 8.08. The summed E-state index contributed by atoms with van der Waals surface area (Å²) in [5.74, 6) is 1.90. The van der Waals surface area contributed by atoms with Gasteiger partial charge in [0.25, 0.3) is 0 Å². The molecule has 0 bridgehead atoms. The van der Waals surface area contributed by atoms with Gasteiger partial charge in [-0.2, -0.15) is 5.10 Å². The van der Waals surface area contributed by atoms with E-state index in [4.69, 9.17) is 19.2 Å². The molecule has 6 heteroatoms. The monoisotopic (exact) mass is 389 g/mol. The Bertz CT molecular complexity index is 1080. The van der Waals surface area contributed by atoms with E-state index in [0.29, 0.717) is 17.2 Å². The fraction of sp³-hybridized carbons (Fsp3) is 0.217. The summed E-state index contributed by atoms with van der Waals surface area (Å²) in [6.07, 6.45) is 7.86. The van der Waals surface area contributed by atoms with Crippen molar-refractivity contribution in [1.82, 2.24) is 4.98 Å². The summed E-state index contributed by atoms with van der Waals surface area (Å²) in [6.45, 7) is 0. The van der Waals surface area contributed by atoms with E-state index in [1.165, 1.54) is 5.56 Å². The average molecular weight is 389 g/mol. The number of hydrogen-bond donors (Lipinski definition) is 1. The number of allylic oxidation sites excluding steroid dienone is 1. The van der Waals surface area contributed by atoms with Crippen molar-refractivity contribution < 1.29 is 14.2 Å². The highest BCUT2D eigenvalue weighted by molar-refractivity contribution is 5.96. The van der Waals surface area contributed by atoms with Crippen molar-refractivity contribution in [2.45, 2.75) is 12.8 Å². The van der Waals surface area contributed by atoms with Gasteiger partial charge in [0.2, 0.25) is 0 Å². The van der Waals surface area contributed by atoms with Crippen molar-refractivity contribution in [2.24, 2.45) is 5.10 Å². The van der Waals surface area contributed by atoms with Gasteiger partial charge in [-0.05, 0) is 25.0 Å². The largest absolute Gasteiger partial charge is 0.496 e. The molecule has 6 nitrogen and oxygen atoms in total. The van der Waals surface area contributed by atoms with Gasteiger partial charge in [0.15, 0.2) is 0 Å². The Balaban J connectivity index is 1.74. The first kappa shape index (κ1) is 18.8. The van der Waals surface area contributed by atoms with Crippen molar-refractivity contribution in [2.75, 3.05) is 26.8 Å². The van der Waals surface area contributed by atoms with Crippen LogP contribution in [0.15, 0.2) is 47.6 Å². The minimum atomic E-state index is 0.622. The Labute approximate surface area is 169 Å². The first-order valence-corrected chi connectivity index (χ1v) is 9.42. The molecule has 1 heterocycles. The molecule has 0 fully saturated rings. The number of methoxy groups -OCH3 is 3. The number of fused-ring (bicyclic) bond motifs is 2. The molecule has 1 aliphatic carbocycles. The second-order valence-corrected chi connectivity index (χ2v) is 6.62. The SMILES string of the molecule is COc1cc(OC)c(/C=N/Nc2c3c(nc4ccccc24)C=CCC3)c(OC)c1. The second kappa shape index (κ2) is 8.22. The molecule has 1 N–H and O–H groups in total. The molecule has 0 aliphatic heterocycles. The Morgan fingerprint density at radius 2 is 1.79 bits per heavy atom. The molecule has 0 amide bonds. The third-order valence-corrected chi connectivity index (χ3v) is 4.99. The van der Waals surface area contributed by atoms with Gasteiger partial charge in [0.1, 0.15) is 17.2 Å². The molecule has 3 aromatic rings. The highest BCUT2D eigenvalue weighted by Crippen LogP contribution is 2.34. The first-order chi connectivity index (χ1) is 14.2. The molecule has 4 rings (SSSR count). The molecule has 0 saturated carbocycles.